The van der Waals surface area contributed by atoms with Gasteiger partial charge in [0.1, 0.15) is 4.83 Å². The van der Waals surface area contributed by atoms with Gasteiger partial charge in [-0.05, 0) is 43.5 Å². The van der Waals surface area contributed by atoms with Gasteiger partial charge in [0, 0.05) is 23.4 Å². The largest absolute Gasteiger partial charge is 0.469 e. The number of carbonyl (C=O) groups excluding carboxylic acids is 2. The number of fused-ring (bicyclic) bond motifs is 1. The van der Waals surface area contributed by atoms with Crippen molar-refractivity contribution in [3.63, 3.8) is 0 Å². The Labute approximate surface area is 172 Å². The molecule has 2 heterocycles. The number of esters is 1. The number of methoxy groups -OCH3 is 1. The number of aromatic nitrogens is 2. The molecule has 0 saturated carbocycles. The summed E-state index contributed by atoms with van der Waals surface area (Å²) in [6.45, 7) is 3.10. The van der Waals surface area contributed by atoms with Crippen molar-refractivity contribution in [2.75, 3.05) is 13.7 Å². The zero-order valence-corrected chi connectivity index (χ0v) is 17.4. The fourth-order valence-corrected chi connectivity index (χ4v) is 4.08. The molecule has 0 saturated heterocycles. The van der Waals surface area contributed by atoms with Gasteiger partial charge in [-0.15, -0.1) is 11.3 Å². The molecule has 1 aromatic carbocycles. The molecular weight excluding hydrogens is 398 g/mol. The lowest BCUT2D eigenvalue weighted by molar-refractivity contribution is -0.140. The van der Waals surface area contributed by atoms with Gasteiger partial charge in [0.25, 0.3) is 5.91 Å². The number of amides is 1. The minimum absolute atomic E-state index is 0.100. The molecule has 0 unspecified atom stereocenters. The standard InChI is InChI=1S/C20H22ClN3O3S/c1-13-16-11-17(19(26)22-10-4-3-5-18(25)27-2)28-20(16)24(23-13)12-14-6-8-15(21)9-7-14/h6-9,11H,3-5,10,12H2,1-2H3,(H,22,26). The fraction of sp³-hybridized carbons (Fsp3) is 0.350. The topological polar surface area (TPSA) is 73.2 Å². The van der Waals surface area contributed by atoms with Crippen LogP contribution in [0.5, 0.6) is 0 Å². The lowest BCUT2D eigenvalue weighted by Crippen LogP contribution is -2.23. The average Bonchev–Trinajstić information content (AvgIpc) is 3.24. The Morgan fingerprint density at radius 3 is 2.71 bits per heavy atom. The SMILES string of the molecule is COC(=O)CCCCNC(=O)c1cc2c(C)nn(Cc3ccc(Cl)cc3)c2s1. The fourth-order valence-electron chi connectivity index (χ4n) is 2.88. The monoisotopic (exact) mass is 419 g/mol. The van der Waals surface area contributed by atoms with E-state index in [0.717, 1.165) is 27.9 Å². The van der Waals surface area contributed by atoms with Crippen molar-refractivity contribution in [1.29, 1.82) is 0 Å². The van der Waals surface area contributed by atoms with E-state index in [1.54, 1.807) is 0 Å². The Morgan fingerprint density at radius 1 is 1.25 bits per heavy atom. The van der Waals surface area contributed by atoms with Gasteiger partial charge in [0.15, 0.2) is 0 Å². The number of nitrogens with one attached hydrogen (secondary N) is 1. The third-order valence-electron chi connectivity index (χ3n) is 4.40. The van der Waals surface area contributed by atoms with Gasteiger partial charge in [0.2, 0.25) is 0 Å². The number of aryl methyl sites for hydroxylation is 1. The van der Waals surface area contributed by atoms with Crippen molar-refractivity contribution in [1.82, 2.24) is 15.1 Å². The van der Waals surface area contributed by atoms with Gasteiger partial charge in [-0.2, -0.15) is 5.10 Å². The van der Waals surface area contributed by atoms with Gasteiger partial charge in [-0.1, -0.05) is 23.7 Å². The first kappa shape index (κ1) is 20.4. The molecule has 148 valence electrons. The van der Waals surface area contributed by atoms with Crippen molar-refractivity contribution in [3.8, 4) is 0 Å². The van der Waals surface area contributed by atoms with Crippen LogP contribution in [0.4, 0.5) is 0 Å². The predicted octanol–water partition coefficient (Wildman–Crippen LogP) is 4.18. The maximum atomic E-state index is 12.4. The second-order valence-corrected chi connectivity index (χ2v) is 7.96. The summed E-state index contributed by atoms with van der Waals surface area (Å²) in [5, 5.41) is 9.21. The summed E-state index contributed by atoms with van der Waals surface area (Å²) in [4.78, 5) is 25.2. The van der Waals surface area contributed by atoms with Crippen LogP contribution < -0.4 is 5.32 Å². The molecule has 0 atom stereocenters. The van der Waals surface area contributed by atoms with E-state index >= 15 is 0 Å². The molecule has 0 fully saturated rings. The van der Waals surface area contributed by atoms with E-state index in [-0.39, 0.29) is 11.9 Å². The van der Waals surface area contributed by atoms with Crippen LogP contribution in [-0.4, -0.2) is 35.3 Å². The lowest BCUT2D eigenvalue weighted by atomic mass is 10.2. The first-order chi connectivity index (χ1) is 13.5. The molecule has 3 rings (SSSR count). The van der Waals surface area contributed by atoms with Crippen LogP contribution in [0.1, 0.15) is 40.2 Å². The maximum absolute atomic E-state index is 12.4. The molecule has 1 N–H and O–H groups in total. The molecule has 8 heteroatoms. The molecule has 6 nitrogen and oxygen atoms in total. The van der Waals surface area contributed by atoms with E-state index in [0.29, 0.717) is 35.8 Å². The molecule has 0 spiro atoms. The van der Waals surface area contributed by atoms with E-state index in [2.05, 4.69) is 15.2 Å². The van der Waals surface area contributed by atoms with Crippen LogP contribution in [0.2, 0.25) is 5.02 Å². The molecule has 0 aliphatic carbocycles. The minimum Gasteiger partial charge on any atom is -0.469 e. The predicted molar refractivity (Wildman–Crippen MR) is 111 cm³/mol. The second kappa shape index (κ2) is 9.21. The highest BCUT2D eigenvalue weighted by Gasteiger charge is 2.16. The molecule has 0 radical (unpaired) electrons. The lowest BCUT2D eigenvalue weighted by Gasteiger charge is -2.04. The first-order valence-corrected chi connectivity index (χ1v) is 10.2. The molecule has 2 aromatic heterocycles. The van der Waals surface area contributed by atoms with E-state index in [1.165, 1.54) is 18.4 Å². The normalized spacial score (nSPS) is 11.0. The van der Waals surface area contributed by atoms with E-state index in [1.807, 2.05) is 41.9 Å². The van der Waals surface area contributed by atoms with E-state index in [4.69, 9.17) is 11.6 Å². The summed E-state index contributed by atoms with van der Waals surface area (Å²) in [5.74, 6) is -0.326. The zero-order chi connectivity index (χ0) is 20.1. The van der Waals surface area contributed by atoms with Gasteiger partial charge in [-0.3, -0.25) is 14.3 Å². The number of ether oxygens (including phenoxy) is 1. The summed E-state index contributed by atoms with van der Waals surface area (Å²) >= 11 is 7.38. The molecule has 3 aromatic rings. The Balaban J connectivity index is 1.64. The third kappa shape index (κ3) is 4.91. The Bertz CT molecular complexity index is 979. The van der Waals surface area contributed by atoms with E-state index in [9.17, 15) is 9.59 Å². The molecule has 0 aliphatic heterocycles. The second-order valence-electron chi connectivity index (χ2n) is 6.49. The van der Waals surface area contributed by atoms with Gasteiger partial charge >= 0.3 is 5.97 Å². The Hall–Kier alpha value is -2.38. The molecule has 1 amide bonds. The molecular formula is C20H22ClN3O3S. The number of unbranched alkanes of at least 4 members (excludes halogenated alkanes) is 1. The number of hydrogen-bond donors (Lipinski definition) is 1. The van der Waals surface area contributed by atoms with Crippen molar-refractivity contribution in [3.05, 3.63) is 51.5 Å². The number of hydrogen-bond acceptors (Lipinski definition) is 5. The van der Waals surface area contributed by atoms with Crippen LogP contribution in [-0.2, 0) is 16.1 Å². The maximum Gasteiger partial charge on any atom is 0.305 e. The van der Waals surface area contributed by atoms with Crippen molar-refractivity contribution in [2.45, 2.75) is 32.7 Å². The number of benzene rings is 1. The van der Waals surface area contributed by atoms with Gasteiger partial charge in [0.05, 0.1) is 24.2 Å². The first-order valence-electron chi connectivity index (χ1n) is 9.04. The van der Waals surface area contributed by atoms with Crippen LogP contribution in [0.25, 0.3) is 10.2 Å². The quantitative estimate of drug-likeness (QED) is 0.439. The minimum atomic E-state index is -0.225. The average molecular weight is 420 g/mol. The van der Waals surface area contributed by atoms with Crippen LogP contribution in [0.3, 0.4) is 0 Å². The number of carbonyl (C=O) groups is 2. The van der Waals surface area contributed by atoms with Crippen LogP contribution in [0.15, 0.2) is 30.3 Å². The third-order valence-corrected chi connectivity index (χ3v) is 5.80. The van der Waals surface area contributed by atoms with Crippen LogP contribution in [0, 0.1) is 6.92 Å². The highest BCUT2D eigenvalue weighted by atomic mass is 35.5. The summed E-state index contributed by atoms with van der Waals surface area (Å²) < 4.78 is 6.53. The smallest absolute Gasteiger partial charge is 0.305 e. The molecule has 0 bridgehead atoms. The number of nitrogens with zero attached hydrogens (tertiary/aromatic N) is 2. The van der Waals surface area contributed by atoms with Gasteiger partial charge < -0.3 is 10.1 Å². The highest BCUT2D eigenvalue weighted by molar-refractivity contribution is 7.20. The Kier molecular flexibility index (Phi) is 6.70. The highest BCUT2D eigenvalue weighted by Crippen LogP contribution is 2.29. The van der Waals surface area contributed by atoms with Crippen molar-refractivity contribution < 1.29 is 14.3 Å². The number of halogens is 1. The summed E-state index contributed by atoms with van der Waals surface area (Å²) in [6, 6.07) is 9.56. The molecule has 0 aliphatic rings. The molecule has 28 heavy (non-hydrogen) atoms. The van der Waals surface area contributed by atoms with E-state index < -0.39 is 0 Å². The van der Waals surface area contributed by atoms with Crippen molar-refractivity contribution >= 4 is 45.0 Å². The summed E-state index contributed by atoms with van der Waals surface area (Å²) in [7, 11) is 1.38. The number of thiophene rings is 1. The zero-order valence-electron chi connectivity index (χ0n) is 15.8. The van der Waals surface area contributed by atoms with Crippen LogP contribution >= 0.6 is 22.9 Å². The summed E-state index contributed by atoms with van der Waals surface area (Å²) in [5.41, 5.74) is 2.00. The summed E-state index contributed by atoms with van der Waals surface area (Å²) in [6.07, 6.45) is 1.79. The number of rotatable bonds is 8. The van der Waals surface area contributed by atoms with Gasteiger partial charge in [-0.25, -0.2) is 0 Å². The van der Waals surface area contributed by atoms with Crippen molar-refractivity contribution in [2.24, 2.45) is 0 Å². The Morgan fingerprint density at radius 2 is 2.00 bits per heavy atom.